The molecule has 0 saturated heterocycles. The van der Waals surface area contributed by atoms with E-state index in [1.807, 2.05) is 0 Å². The minimum Gasteiger partial charge on any atom is -0.490 e. The molecule has 0 aliphatic heterocycles. The Morgan fingerprint density at radius 1 is 1.32 bits per heavy atom. The molecule has 1 aromatic heterocycles. The van der Waals surface area contributed by atoms with E-state index in [9.17, 15) is 5.11 Å². The highest BCUT2D eigenvalue weighted by Crippen LogP contribution is 2.45. The van der Waals surface area contributed by atoms with Crippen LogP contribution in [0.25, 0.3) is 0 Å². The first kappa shape index (κ1) is 13.9. The first-order valence-corrected chi connectivity index (χ1v) is 6.72. The molecule has 2 rings (SSSR count). The number of methoxy groups -OCH3 is 1. The summed E-state index contributed by atoms with van der Waals surface area (Å²) in [5.41, 5.74) is 0.0347. The van der Waals surface area contributed by atoms with Crippen molar-refractivity contribution in [3.8, 4) is 5.75 Å². The molecule has 6 nitrogen and oxygen atoms in total. The van der Waals surface area contributed by atoms with Crippen LogP contribution in [0.2, 0.25) is 0 Å². The zero-order valence-corrected chi connectivity index (χ0v) is 11.6. The van der Waals surface area contributed by atoms with Crippen LogP contribution in [-0.2, 0) is 0 Å². The molecule has 1 heterocycles. The van der Waals surface area contributed by atoms with Gasteiger partial charge in [-0.3, -0.25) is 0 Å². The van der Waals surface area contributed by atoms with Crippen LogP contribution in [-0.4, -0.2) is 41.9 Å². The largest absolute Gasteiger partial charge is 0.490 e. The van der Waals surface area contributed by atoms with Crippen molar-refractivity contribution in [1.82, 2.24) is 9.97 Å². The highest BCUT2D eigenvalue weighted by molar-refractivity contribution is 5.63. The molecule has 0 aromatic carbocycles. The maximum absolute atomic E-state index is 9.32. The molecule has 0 radical (unpaired) electrons. The van der Waals surface area contributed by atoms with Crippen LogP contribution in [0.15, 0.2) is 6.33 Å². The van der Waals surface area contributed by atoms with Crippen LogP contribution in [0.4, 0.5) is 11.6 Å². The van der Waals surface area contributed by atoms with Gasteiger partial charge in [-0.15, -0.1) is 0 Å². The van der Waals surface area contributed by atoms with Gasteiger partial charge < -0.3 is 20.5 Å². The van der Waals surface area contributed by atoms with Gasteiger partial charge in [0, 0.05) is 18.5 Å². The van der Waals surface area contributed by atoms with Crippen molar-refractivity contribution in [2.45, 2.75) is 26.2 Å². The van der Waals surface area contributed by atoms with Crippen molar-refractivity contribution in [2.75, 3.05) is 37.4 Å². The van der Waals surface area contributed by atoms with Gasteiger partial charge in [-0.2, -0.15) is 0 Å². The van der Waals surface area contributed by atoms with Crippen LogP contribution >= 0.6 is 0 Å². The number of nitrogens with zero attached hydrogens (tertiary/aromatic N) is 2. The molecule has 0 atom stereocenters. The Morgan fingerprint density at radius 2 is 2.00 bits per heavy atom. The molecule has 1 fully saturated rings. The van der Waals surface area contributed by atoms with Gasteiger partial charge in [0.25, 0.3) is 0 Å². The van der Waals surface area contributed by atoms with Gasteiger partial charge in [0.1, 0.15) is 6.33 Å². The average Bonchev–Trinajstić information content (AvgIpc) is 3.23. The Kier molecular flexibility index (Phi) is 4.42. The van der Waals surface area contributed by atoms with E-state index < -0.39 is 0 Å². The highest BCUT2D eigenvalue weighted by Gasteiger charge is 2.41. The SMILES string of the molecule is CCCNc1ncnc(NCC2(CO)CC2)c1OC. The monoisotopic (exact) mass is 266 g/mol. The van der Waals surface area contributed by atoms with Gasteiger partial charge in [0.15, 0.2) is 11.6 Å². The summed E-state index contributed by atoms with van der Waals surface area (Å²) in [6.45, 7) is 3.86. The molecule has 0 amide bonds. The fourth-order valence-corrected chi connectivity index (χ4v) is 1.90. The lowest BCUT2D eigenvalue weighted by atomic mass is 10.1. The lowest BCUT2D eigenvalue weighted by molar-refractivity contribution is 0.219. The lowest BCUT2D eigenvalue weighted by Gasteiger charge is -2.17. The predicted molar refractivity (Wildman–Crippen MR) is 74.6 cm³/mol. The van der Waals surface area contributed by atoms with Crippen LogP contribution in [0.1, 0.15) is 26.2 Å². The summed E-state index contributed by atoms with van der Waals surface area (Å²) >= 11 is 0. The number of ether oxygens (including phenoxy) is 1. The molecular formula is C13H22N4O2. The van der Waals surface area contributed by atoms with E-state index in [0.29, 0.717) is 23.9 Å². The third-order valence-corrected chi connectivity index (χ3v) is 3.47. The summed E-state index contributed by atoms with van der Waals surface area (Å²) in [5, 5.41) is 15.8. The number of hydrogen-bond acceptors (Lipinski definition) is 6. The Balaban J connectivity index is 2.06. The molecule has 106 valence electrons. The van der Waals surface area contributed by atoms with Crippen LogP contribution in [0, 0.1) is 5.41 Å². The van der Waals surface area contributed by atoms with Gasteiger partial charge in [-0.05, 0) is 19.3 Å². The van der Waals surface area contributed by atoms with Crippen molar-refractivity contribution < 1.29 is 9.84 Å². The summed E-state index contributed by atoms with van der Waals surface area (Å²) in [5.74, 6) is 2.01. The van der Waals surface area contributed by atoms with E-state index >= 15 is 0 Å². The fourth-order valence-electron chi connectivity index (χ4n) is 1.90. The number of hydrogen-bond donors (Lipinski definition) is 3. The second-order valence-electron chi connectivity index (χ2n) is 5.04. The minimum absolute atomic E-state index is 0.0347. The quantitative estimate of drug-likeness (QED) is 0.661. The first-order chi connectivity index (χ1) is 9.24. The molecule has 6 heteroatoms. The zero-order valence-electron chi connectivity index (χ0n) is 11.6. The Hall–Kier alpha value is -1.56. The summed E-state index contributed by atoms with van der Waals surface area (Å²) < 4.78 is 5.38. The van der Waals surface area contributed by atoms with E-state index in [1.165, 1.54) is 6.33 Å². The zero-order chi connectivity index (χ0) is 13.7. The van der Waals surface area contributed by atoms with Crippen LogP contribution in [0.5, 0.6) is 5.75 Å². The Bertz CT molecular complexity index is 421. The fraction of sp³-hybridized carbons (Fsp3) is 0.692. The molecule has 1 aromatic rings. The maximum Gasteiger partial charge on any atom is 0.204 e. The predicted octanol–water partition coefficient (Wildman–Crippen LogP) is 1.49. The number of nitrogens with one attached hydrogen (secondary N) is 2. The van der Waals surface area contributed by atoms with Crippen LogP contribution < -0.4 is 15.4 Å². The number of aliphatic hydroxyl groups is 1. The second kappa shape index (κ2) is 6.06. The molecule has 1 aliphatic rings. The van der Waals surface area contributed by atoms with E-state index in [4.69, 9.17) is 4.74 Å². The Morgan fingerprint density at radius 3 is 2.53 bits per heavy atom. The number of aromatic nitrogens is 2. The van der Waals surface area contributed by atoms with E-state index in [-0.39, 0.29) is 12.0 Å². The van der Waals surface area contributed by atoms with E-state index in [1.54, 1.807) is 7.11 Å². The molecule has 0 bridgehead atoms. The van der Waals surface area contributed by atoms with Crippen molar-refractivity contribution in [3.05, 3.63) is 6.33 Å². The molecule has 3 N–H and O–H groups in total. The van der Waals surface area contributed by atoms with Crippen molar-refractivity contribution in [3.63, 3.8) is 0 Å². The normalized spacial score (nSPS) is 15.9. The van der Waals surface area contributed by atoms with Gasteiger partial charge in [-0.25, -0.2) is 9.97 Å². The molecule has 0 unspecified atom stereocenters. The topological polar surface area (TPSA) is 79.3 Å². The van der Waals surface area contributed by atoms with Gasteiger partial charge >= 0.3 is 0 Å². The smallest absolute Gasteiger partial charge is 0.204 e. The Labute approximate surface area is 113 Å². The first-order valence-electron chi connectivity index (χ1n) is 6.72. The van der Waals surface area contributed by atoms with Crippen molar-refractivity contribution in [2.24, 2.45) is 5.41 Å². The van der Waals surface area contributed by atoms with Gasteiger partial charge in [0.05, 0.1) is 13.7 Å². The number of anilines is 2. The summed E-state index contributed by atoms with van der Waals surface area (Å²) in [6, 6.07) is 0. The average molecular weight is 266 g/mol. The third kappa shape index (κ3) is 3.26. The van der Waals surface area contributed by atoms with Crippen LogP contribution in [0.3, 0.4) is 0 Å². The molecular weight excluding hydrogens is 244 g/mol. The highest BCUT2D eigenvalue weighted by atomic mass is 16.5. The van der Waals surface area contributed by atoms with Gasteiger partial charge in [-0.1, -0.05) is 6.92 Å². The summed E-state index contributed by atoms with van der Waals surface area (Å²) in [7, 11) is 1.61. The van der Waals surface area contributed by atoms with E-state index in [0.717, 1.165) is 25.8 Å². The lowest BCUT2D eigenvalue weighted by Crippen LogP contribution is -2.20. The number of rotatable bonds is 8. The number of aliphatic hydroxyl groups excluding tert-OH is 1. The standard InChI is InChI=1S/C13H22N4O2/c1-3-6-14-11-10(19-2)12(17-9-16-11)15-7-13(8-18)4-5-13/h9,18H,3-8H2,1-2H3,(H2,14,15,16,17). The third-order valence-electron chi connectivity index (χ3n) is 3.47. The summed E-state index contributed by atoms with van der Waals surface area (Å²) in [6.07, 6.45) is 4.65. The molecule has 1 saturated carbocycles. The second-order valence-corrected chi connectivity index (χ2v) is 5.04. The van der Waals surface area contributed by atoms with E-state index in [2.05, 4.69) is 27.5 Å². The summed E-state index contributed by atoms with van der Waals surface area (Å²) in [4.78, 5) is 8.41. The molecule has 1 aliphatic carbocycles. The van der Waals surface area contributed by atoms with Gasteiger partial charge in [0.2, 0.25) is 5.75 Å². The molecule has 19 heavy (non-hydrogen) atoms. The van der Waals surface area contributed by atoms with Crippen molar-refractivity contribution in [1.29, 1.82) is 0 Å². The molecule has 0 spiro atoms. The van der Waals surface area contributed by atoms with Crippen molar-refractivity contribution >= 4 is 11.6 Å². The maximum atomic E-state index is 9.32. The minimum atomic E-state index is 0.0347.